The van der Waals surface area contributed by atoms with Crippen LogP contribution in [0.25, 0.3) is 0 Å². The Labute approximate surface area is 153 Å². The van der Waals surface area contributed by atoms with Gasteiger partial charge in [-0.25, -0.2) is 4.79 Å². The highest BCUT2D eigenvalue weighted by Gasteiger charge is 2.18. The van der Waals surface area contributed by atoms with E-state index in [1.54, 1.807) is 26.3 Å². The van der Waals surface area contributed by atoms with Crippen LogP contribution in [0.2, 0.25) is 0 Å². The molecule has 0 spiro atoms. The molecule has 7 heteroatoms. The van der Waals surface area contributed by atoms with Crippen LogP contribution in [0.3, 0.4) is 0 Å². The second kappa shape index (κ2) is 8.60. The van der Waals surface area contributed by atoms with Crippen molar-refractivity contribution in [2.75, 3.05) is 19.0 Å². The molecule has 0 bridgehead atoms. The quantitative estimate of drug-likeness (QED) is 0.810. The van der Waals surface area contributed by atoms with Crippen LogP contribution in [-0.2, 0) is 11.3 Å². The molecule has 1 aromatic heterocycles. The fourth-order valence-electron chi connectivity index (χ4n) is 3.01. The summed E-state index contributed by atoms with van der Waals surface area (Å²) in [7, 11) is 1.65. The van der Waals surface area contributed by atoms with Crippen molar-refractivity contribution in [2.24, 2.45) is 0 Å². The first-order valence-corrected chi connectivity index (χ1v) is 9.00. The number of nitrogens with one attached hydrogen (secondary N) is 1. The van der Waals surface area contributed by atoms with E-state index < -0.39 is 6.09 Å². The smallest absolute Gasteiger partial charge is 0.434 e. The average Bonchev–Trinajstić information content (AvgIpc) is 3.32. The molecule has 1 fully saturated rings. The summed E-state index contributed by atoms with van der Waals surface area (Å²) in [6.45, 7) is 2.64. The van der Waals surface area contributed by atoms with Crippen molar-refractivity contribution < 1.29 is 19.0 Å². The lowest BCUT2D eigenvalue weighted by atomic mass is 10.2. The Morgan fingerprint density at radius 1 is 1.27 bits per heavy atom. The summed E-state index contributed by atoms with van der Waals surface area (Å²) in [6, 6.07) is 7.62. The minimum absolute atomic E-state index is 0.271. The Morgan fingerprint density at radius 3 is 2.81 bits per heavy atom. The first-order chi connectivity index (χ1) is 12.7. The number of aromatic nitrogens is 2. The van der Waals surface area contributed by atoms with Gasteiger partial charge in [0.15, 0.2) is 11.5 Å². The predicted octanol–water partition coefficient (Wildman–Crippen LogP) is 3.83. The zero-order valence-electron chi connectivity index (χ0n) is 15.2. The van der Waals surface area contributed by atoms with Gasteiger partial charge in [0.1, 0.15) is 5.82 Å². The third-order valence-electron chi connectivity index (χ3n) is 4.34. The van der Waals surface area contributed by atoms with Crippen molar-refractivity contribution in [3.8, 4) is 11.5 Å². The van der Waals surface area contributed by atoms with Crippen LogP contribution in [0.4, 0.5) is 10.6 Å². The minimum atomic E-state index is -0.489. The summed E-state index contributed by atoms with van der Waals surface area (Å²) in [5, 5.41) is 7.36. The molecule has 3 rings (SSSR count). The first kappa shape index (κ1) is 18.1. The Morgan fingerprint density at radius 2 is 2.08 bits per heavy atom. The molecule has 0 atom stereocenters. The highest BCUT2D eigenvalue weighted by atomic mass is 16.6. The van der Waals surface area contributed by atoms with Gasteiger partial charge in [-0.15, -0.1) is 5.10 Å². The summed E-state index contributed by atoms with van der Waals surface area (Å²) in [5.41, 5.74) is 1.05. The van der Waals surface area contributed by atoms with Crippen molar-refractivity contribution >= 4 is 11.9 Å². The molecule has 1 aliphatic carbocycles. The zero-order chi connectivity index (χ0) is 18.4. The number of rotatable bonds is 7. The van der Waals surface area contributed by atoms with Crippen LogP contribution in [-0.4, -0.2) is 35.7 Å². The van der Waals surface area contributed by atoms with Gasteiger partial charge in [0.2, 0.25) is 0 Å². The van der Waals surface area contributed by atoms with Gasteiger partial charge in [-0.05, 0) is 50.3 Å². The fraction of sp³-hybridized carbons (Fsp3) is 0.474. The number of benzene rings is 1. The lowest BCUT2D eigenvalue weighted by Gasteiger charge is -2.17. The van der Waals surface area contributed by atoms with Crippen LogP contribution in [0.5, 0.6) is 11.5 Å². The molecule has 1 heterocycles. The molecular formula is C19H25N3O4. The standard InChI is InChI=1S/C19H25N3O4/c1-3-25-19(23)22-11-10-18(21-22)20-13-14-8-9-16(24-2)17(12-14)26-15-6-4-5-7-15/h8-12,15H,3-7,13H2,1-2H3,(H,20,21). The number of hydrogen-bond donors (Lipinski definition) is 1. The lowest BCUT2D eigenvalue weighted by molar-refractivity contribution is 0.150. The molecule has 1 aromatic carbocycles. The Bertz CT molecular complexity index is 738. The van der Waals surface area contributed by atoms with Crippen molar-refractivity contribution in [3.63, 3.8) is 0 Å². The van der Waals surface area contributed by atoms with E-state index in [0.717, 1.165) is 29.9 Å². The van der Waals surface area contributed by atoms with E-state index in [1.165, 1.54) is 17.5 Å². The molecule has 0 unspecified atom stereocenters. The molecule has 1 aliphatic rings. The first-order valence-electron chi connectivity index (χ1n) is 9.00. The third-order valence-corrected chi connectivity index (χ3v) is 4.34. The number of carbonyl (C=O) groups excluding carboxylic acids is 1. The Balaban J connectivity index is 1.63. The molecule has 0 amide bonds. The van der Waals surface area contributed by atoms with E-state index in [2.05, 4.69) is 10.4 Å². The molecule has 0 radical (unpaired) electrons. The van der Waals surface area contributed by atoms with Gasteiger partial charge in [0, 0.05) is 18.8 Å². The summed E-state index contributed by atoms with van der Waals surface area (Å²) in [4.78, 5) is 11.6. The molecule has 7 nitrogen and oxygen atoms in total. The van der Waals surface area contributed by atoms with E-state index >= 15 is 0 Å². The molecule has 1 saturated carbocycles. The van der Waals surface area contributed by atoms with Crippen LogP contribution in [0.1, 0.15) is 38.2 Å². The van der Waals surface area contributed by atoms with Gasteiger partial charge in [0.05, 0.1) is 19.8 Å². The Hall–Kier alpha value is -2.70. The van der Waals surface area contributed by atoms with Gasteiger partial charge in [-0.1, -0.05) is 6.07 Å². The maximum absolute atomic E-state index is 11.6. The van der Waals surface area contributed by atoms with Gasteiger partial charge in [0.25, 0.3) is 0 Å². The van der Waals surface area contributed by atoms with Crippen molar-refractivity contribution in [1.29, 1.82) is 0 Å². The normalized spacial score (nSPS) is 14.2. The molecular weight excluding hydrogens is 334 g/mol. The van der Waals surface area contributed by atoms with Gasteiger partial charge in [-0.2, -0.15) is 4.68 Å². The number of carbonyl (C=O) groups is 1. The third kappa shape index (κ3) is 4.47. The molecule has 0 saturated heterocycles. The average molecular weight is 359 g/mol. The second-order valence-electron chi connectivity index (χ2n) is 6.21. The van der Waals surface area contributed by atoms with Crippen LogP contribution >= 0.6 is 0 Å². The molecule has 26 heavy (non-hydrogen) atoms. The van der Waals surface area contributed by atoms with E-state index in [1.807, 2.05) is 18.2 Å². The fourth-order valence-corrected chi connectivity index (χ4v) is 3.01. The second-order valence-corrected chi connectivity index (χ2v) is 6.21. The maximum atomic E-state index is 11.6. The summed E-state index contributed by atoms with van der Waals surface area (Å²) < 4.78 is 17.6. The molecule has 0 aliphatic heterocycles. The van der Waals surface area contributed by atoms with Gasteiger partial charge < -0.3 is 19.5 Å². The highest BCUT2D eigenvalue weighted by molar-refractivity contribution is 5.69. The van der Waals surface area contributed by atoms with E-state index in [9.17, 15) is 4.79 Å². The van der Waals surface area contributed by atoms with Crippen molar-refractivity contribution in [1.82, 2.24) is 9.78 Å². The summed E-state index contributed by atoms with van der Waals surface area (Å²) in [6.07, 6.45) is 5.98. The topological polar surface area (TPSA) is 74.6 Å². The van der Waals surface area contributed by atoms with Crippen molar-refractivity contribution in [3.05, 3.63) is 36.0 Å². The van der Waals surface area contributed by atoms with E-state index in [4.69, 9.17) is 14.2 Å². The molecule has 1 N–H and O–H groups in total. The summed E-state index contributed by atoms with van der Waals surface area (Å²) in [5.74, 6) is 2.12. The molecule has 2 aromatic rings. The number of anilines is 1. The minimum Gasteiger partial charge on any atom is -0.493 e. The number of methoxy groups -OCH3 is 1. The Kier molecular flexibility index (Phi) is 5.99. The maximum Gasteiger partial charge on any atom is 0.434 e. The number of hydrogen-bond acceptors (Lipinski definition) is 6. The van der Waals surface area contributed by atoms with E-state index in [0.29, 0.717) is 19.0 Å². The van der Waals surface area contributed by atoms with Crippen LogP contribution < -0.4 is 14.8 Å². The van der Waals surface area contributed by atoms with Gasteiger partial charge >= 0.3 is 6.09 Å². The largest absolute Gasteiger partial charge is 0.493 e. The predicted molar refractivity (Wildman–Crippen MR) is 97.9 cm³/mol. The van der Waals surface area contributed by atoms with Crippen LogP contribution in [0.15, 0.2) is 30.5 Å². The van der Waals surface area contributed by atoms with Crippen LogP contribution in [0, 0.1) is 0 Å². The van der Waals surface area contributed by atoms with E-state index in [-0.39, 0.29) is 6.10 Å². The molecule has 140 valence electrons. The van der Waals surface area contributed by atoms with Gasteiger partial charge in [-0.3, -0.25) is 0 Å². The lowest BCUT2D eigenvalue weighted by Crippen LogP contribution is -2.14. The highest BCUT2D eigenvalue weighted by Crippen LogP contribution is 2.32. The monoisotopic (exact) mass is 359 g/mol. The zero-order valence-corrected chi connectivity index (χ0v) is 15.2. The number of nitrogens with zero attached hydrogens (tertiary/aromatic N) is 2. The van der Waals surface area contributed by atoms with Crippen molar-refractivity contribution in [2.45, 2.75) is 45.3 Å². The SMILES string of the molecule is CCOC(=O)n1ccc(NCc2ccc(OC)c(OC3CCCC3)c2)n1. The summed E-state index contributed by atoms with van der Waals surface area (Å²) >= 11 is 0. The number of ether oxygens (including phenoxy) is 3.